The highest BCUT2D eigenvalue weighted by atomic mass is 16.6. The van der Waals surface area contributed by atoms with Gasteiger partial charge in [0.25, 0.3) is 0 Å². The Morgan fingerprint density at radius 1 is 0.826 bits per heavy atom. The van der Waals surface area contributed by atoms with Crippen molar-refractivity contribution >= 4 is 28.7 Å². The first-order valence-corrected chi connectivity index (χ1v) is 7.36. The fraction of sp³-hybridized carbons (Fsp3) is 0. The van der Waals surface area contributed by atoms with E-state index in [9.17, 15) is 4.79 Å². The van der Waals surface area contributed by atoms with Gasteiger partial charge in [0.2, 0.25) is 5.90 Å². The summed E-state index contributed by atoms with van der Waals surface area (Å²) >= 11 is 0. The molecule has 3 aromatic rings. The van der Waals surface area contributed by atoms with Gasteiger partial charge in [0.1, 0.15) is 0 Å². The first-order valence-electron chi connectivity index (χ1n) is 7.36. The summed E-state index contributed by atoms with van der Waals surface area (Å²) in [6, 6.07) is 23.6. The maximum Gasteiger partial charge on any atom is 0.363 e. The lowest BCUT2D eigenvalue weighted by atomic mass is 10.1. The molecule has 0 spiro atoms. The van der Waals surface area contributed by atoms with E-state index in [1.54, 1.807) is 6.08 Å². The highest BCUT2D eigenvalue weighted by molar-refractivity contribution is 6.12. The molecule has 1 aliphatic heterocycles. The lowest BCUT2D eigenvalue weighted by Gasteiger charge is -1.99. The average Bonchev–Trinajstić information content (AvgIpc) is 2.96. The van der Waals surface area contributed by atoms with Crippen molar-refractivity contribution in [2.75, 3.05) is 0 Å². The van der Waals surface area contributed by atoms with Gasteiger partial charge in [-0.1, -0.05) is 54.6 Å². The molecule has 1 heterocycles. The predicted molar refractivity (Wildman–Crippen MR) is 91.0 cm³/mol. The van der Waals surface area contributed by atoms with E-state index in [2.05, 4.69) is 11.1 Å². The van der Waals surface area contributed by atoms with Crippen LogP contribution in [0, 0.1) is 0 Å². The van der Waals surface area contributed by atoms with Gasteiger partial charge in [-0.15, -0.1) is 0 Å². The van der Waals surface area contributed by atoms with Gasteiger partial charge in [-0.05, 0) is 40.6 Å². The minimum absolute atomic E-state index is 0.319. The highest BCUT2D eigenvalue weighted by Gasteiger charge is 2.23. The quantitative estimate of drug-likeness (QED) is 0.526. The summed E-state index contributed by atoms with van der Waals surface area (Å²) in [6.07, 6.45) is 1.75. The predicted octanol–water partition coefficient (Wildman–Crippen LogP) is 4.18. The number of ether oxygens (including phenoxy) is 1. The van der Waals surface area contributed by atoms with Crippen molar-refractivity contribution < 1.29 is 9.53 Å². The molecule has 3 aromatic carbocycles. The zero-order valence-electron chi connectivity index (χ0n) is 12.3. The van der Waals surface area contributed by atoms with Crippen LogP contribution in [0.5, 0.6) is 0 Å². The third-order valence-corrected chi connectivity index (χ3v) is 3.72. The van der Waals surface area contributed by atoms with Gasteiger partial charge in [0.15, 0.2) is 5.70 Å². The third kappa shape index (κ3) is 2.64. The van der Waals surface area contributed by atoms with Crippen molar-refractivity contribution in [3.8, 4) is 0 Å². The van der Waals surface area contributed by atoms with Gasteiger partial charge >= 0.3 is 5.97 Å². The fourth-order valence-corrected chi connectivity index (χ4v) is 2.57. The number of aliphatic imine (C=N–C) groups is 1. The second-order valence-electron chi connectivity index (χ2n) is 5.31. The van der Waals surface area contributed by atoms with Crippen LogP contribution in [0.3, 0.4) is 0 Å². The molecule has 0 atom stereocenters. The van der Waals surface area contributed by atoms with E-state index in [-0.39, 0.29) is 0 Å². The van der Waals surface area contributed by atoms with E-state index in [1.807, 2.05) is 66.7 Å². The number of hydrogen-bond acceptors (Lipinski definition) is 3. The molecule has 0 unspecified atom stereocenters. The summed E-state index contributed by atoms with van der Waals surface area (Å²) in [5.41, 5.74) is 2.04. The minimum Gasteiger partial charge on any atom is -0.402 e. The first kappa shape index (κ1) is 13.5. The Morgan fingerprint density at radius 3 is 2.39 bits per heavy atom. The lowest BCUT2D eigenvalue weighted by Crippen LogP contribution is -2.04. The molecule has 3 heteroatoms. The molecule has 23 heavy (non-hydrogen) atoms. The Balaban J connectivity index is 1.72. The summed E-state index contributed by atoms with van der Waals surface area (Å²) in [7, 11) is 0. The normalized spacial score (nSPS) is 15.7. The molecule has 3 nitrogen and oxygen atoms in total. The summed E-state index contributed by atoms with van der Waals surface area (Å²) in [5, 5.41) is 2.29. The van der Waals surface area contributed by atoms with Crippen molar-refractivity contribution in [1.82, 2.24) is 0 Å². The fourth-order valence-electron chi connectivity index (χ4n) is 2.57. The number of carbonyl (C=O) groups is 1. The van der Waals surface area contributed by atoms with Gasteiger partial charge < -0.3 is 4.74 Å². The number of hydrogen-bond donors (Lipinski definition) is 0. The van der Waals surface area contributed by atoms with E-state index in [0.717, 1.165) is 21.9 Å². The Hall–Kier alpha value is -3.20. The summed E-state index contributed by atoms with van der Waals surface area (Å²) in [5.74, 6) is -0.0698. The average molecular weight is 299 g/mol. The molecule has 110 valence electrons. The molecule has 0 fully saturated rings. The number of benzene rings is 3. The zero-order valence-corrected chi connectivity index (χ0v) is 12.3. The van der Waals surface area contributed by atoms with Gasteiger partial charge in [0, 0.05) is 5.56 Å². The van der Waals surface area contributed by atoms with Crippen LogP contribution in [0.1, 0.15) is 11.1 Å². The van der Waals surface area contributed by atoms with E-state index in [1.165, 1.54) is 0 Å². The van der Waals surface area contributed by atoms with E-state index in [4.69, 9.17) is 4.74 Å². The van der Waals surface area contributed by atoms with Crippen LogP contribution in [0.4, 0.5) is 0 Å². The van der Waals surface area contributed by atoms with Crippen molar-refractivity contribution in [3.63, 3.8) is 0 Å². The Kier molecular flexibility index (Phi) is 3.24. The van der Waals surface area contributed by atoms with E-state index in [0.29, 0.717) is 11.6 Å². The summed E-state index contributed by atoms with van der Waals surface area (Å²) in [4.78, 5) is 16.3. The van der Waals surface area contributed by atoms with Gasteiger partial charge in [-0.3, -0.25) is 0 Å². The molecule has 0 saturated carbocycles. The largest absolute Gasteiger partial charge is 0.402 e. The smallest absolute Gasteiger partial charge is 0.363 e. The molecule has 0 aromatic heterocycles. The molecule has 0 radical (unpaired) electrons. The van der Waals surface area contributed by atoms with Crippen molar-refractivity contribution in [1.29, 1.82) is 0 Å². The Labute approximate surface area is 133 Å². The van der Waals surface area contributed by atoms with Gasteiger partial charge in [-0.2, -0.15) is 0 Å². The van der Waals surface area contributed by atoms with E-state index < -0.39 is 5.97 Å². The minimum atomic E-state index is -0.419. The summed E-state index contributed by atoms with van der Waals surface area (Å²) < 4.78 is 5.26. The maximum absolute atomic E-state index is 12.0. The van der Waals surface area contributed by atoms with E-state index >= 15 is 0 Å². The molecule has 0 saturated heterocycles. The zero-order chi connectivity index (χ0) is 15.6. The lowest BCUT2D eigenvalue weighted by molar-refractivity contribution is -0.129. The van der Waals surface area contributed by atoms with Gasteiger partial charge in [0.05, 0.1) is 0 Å². The van der Waals surface area contributed by atoms with Crippen LogP contribution in [0.2, 0.25) is 0 Å². The maximum atomic E-state index is 12.0. The van der Waals surface area contributed by atoms with Crippen LogP contribution in [0.25, 0.3) is 16.8 Å². The molecule has 0 amide bonds. The van der Waals surface area contributed by atoms with Crippen LogP contribution in [-0.4, -0.2) is 11.9 Å². The Bertz CT molecular complexity index is 956. The Morgan fingerprint density at radius 2 is 1.57 bits per heavy atom. The molecular weight excluding hydrogens is 286 g/mol. The molecule has 1 aliphatic rings. The number of esters is 1. The highest BCUT2D eigenvalue weighted by Crippen LogP contribution is 2.21. The molecule has 0 bridgehead atoms. The number of nitrogens with zero attached hydrogens (tertiary/aromatic N) is 1. The van der Waals surface area contributed by atoms with Crippen molar-refractivity contribution in [2.45, 2.75) is 0 Å². The standard InChI is InChI=1S/C20H13NO2/c22-20-18(21-19(23-20)16-7-2-1-3-8-16)13-14-10-11-15-6-4-5-9-17(15)12-14/h1-13H. The van der Waals surface area contributed by atoms with Crippen LogP contribution >= 0.6 is 0 Å². The SMILES string of the molecule is O=C1OC(c2ccccc2)=NC1=Cc1ccc2ccccc2c1. The van der Waals surface area contributed by atoms with Gasteiger partial charge in [-0.25, -0.2) is 9.79 Å². The second kappa shape index (κ2) is 5.54. The third-order valence-electron chi connectivity index (χ3n) is 3.72. The summed E-state index contributed by atoms with van der Waals surface area (Å²) in [6.45, 7) is 0. The number of cyclic esters (lactones) is 1. The number of fused-ring (bicyclic) bond motifs is 1. The van der Waals surface area contributed by atoms with Crippen molar-refractivity contribution in [2.24, 2.45) is 4.99 Å². The van der Waals surface area contributed by atoms with Crippen LogP contribution in [0.15, 0.2) is 83.5 Å². The van der Waals surface area contributed by atoms with Crippen LogP contribution < -0.4 is 0 Å². The van der Waals surface area contributed by atoms with Crippen LogP contribution in [-0.2, 0) is 9.53 Å². The number of rotatable bonds is 2. The topological polar surface area (TPSA) is 38.7 Å². The monoisotopic (exact) mass is 299 g/mol. The molecular formula is C20H13NO2. The number of carbonyl (C=O) groups excluding carboxylic acids is 1. The second-order valence-corrected chi connectivity index (χ2v) is 5.31. The molecule has 0 N–H and O–H groups in total. The van der Waals surface area contributed by atoms with Crippen molar-refractivity contribution in [3.05, 3.63) is 89.6 Å². The molecule has 4 rings (SSSR count). The molecule has 0 aliphatic carbocycles. The first-order chi connectivity index (χ1) is 11.3.